The third-order valence-corrected chi connectivity index (χ3v) is 2.75. The van der Waals surface area contributed by atoms with E-state index in [1.807, 2.05) is 0 Å². The highest BCUT2D eigenvalue weighted by Gasteiger charge is 2.29. The minimum Gasteiger partial charge on any atom is -0.506 e. The van der Waals surface area contributed by atoms with Gasteiger partial charge >= 0.3 is 0 Å². The number of phenols is 1. The van der Waals surface area contributed by atoms with Crippen molar-refractivity contribution in [1.29, 1.82) is 0 Å². The lowest BCUT2D eigenvalue weighted by molar-refractivity contribution is -0.132. The molecule has 1 aliphatic carbocycles. The van der Waals surface area contributed by atoms with Crippen LogP contribution in [0.4, 0.5) is 5.69 Å². The summed E-state index contributed by atoms with van der Waals surface area (Å²) in [6, 6.07) is 5.81. The molecule has 0 amide bonds. The average molecular weight is 234 g/mol. The van der Waals surface area contributed by atoms with Crippen LogP contribution in [-0.2, 0) is 9.59 Å². The van der Waals surface area contributed by atoms with Gasteiger partial charge in [0, 0.05) is 12.8 Å². The van der Waals surface area contributed by atoms with E-state index in [1.165, 1.54) is 6.07 Å². The van der Waals surface area contributed by atoms with E-state index in [-0.39, 0.29) is 17.3 Å². The number of hydrazine groups is 1. The van der Waals surface area contributed by atoms with Gasteiger partial charge in [-0.3, -0.25) is 9.59 Å². The van der Waals surface area contributed by atoms with Crippen molar-refractivity contribution in [1.82, 2.24) is 5.43 Å². The number of rotatable bonds is 3. The van der Waals surface area contributed by atoms with Crippen molar-refractivity contribution in [2.24, 2.45) is 0 Å². The second kappa shape index (κ2) is 4.97. The summed E-state index contributed by atoms with van der Waals surface area (Å²) >= 11 is 0. The average Bonchev–Trinajstić information content (AvgIpc) is 2.30. The fourth-order valence-corrected chi connectivity index (χ4v) is 1.80. The Hall–Kier alpha value is -1.88. The first kappa shape index (κ1) is 11.6. The number of phenolic OH excluding ortho intramolecular Hbond substituents is 1. The van der Waals surface area contributed by atoms with E-state index < -0.39 is 6.04 Å². The second-order valence-electron chi connectivity index (χ2n) is 4.01. The molecule has 0 saturated heterocycles. The monoisotopic (exact) mass is 234 g/mol. The lowest BCUT2D eigenvalue weighted by Crippen LogP contribution is -2.48. The second-order valence-corrected chi connectivity index (χ2v) is 4.01. The molecule has 5 nitrogen and oxygen atoms in total. The van der Waals surface area contributed by atoms with Gasteiger partial charge in [0.25, 0.3) is 0 Å². The van der Waals surface area contributed by atoms with Gasteiger partial charge in [0.1, 0.15) is 11.8 Å². The molecule has 2 rings (SSSR count). The Morgan fingerprint density at radius 3 is 2.41 bits per heavy atom. The van der Waals surface area contributed by atoms with Gasteiger partial charge in [0.05, 0.1) is 5.69 Å². The molecule has 0 bridgehead atoms. The maximum Gasteiger partial charge on any atom is 0.159 e. The molecule has 1 aromatic carbocycles. The highest BCUT2D eigenvalue weighted by molar-refractivity contribution is 6.08. The van der Waals surface area contributed by atoms with Gasteiger partial charge in [-0.15, -0.1) is 0 Å². The Morgan fingerprint density at radius 1 is 1.12 bits per heavy atom. The summed E-state index contributed by atoms with van der Waals surface area (Å²) in [5.41, 5.74) is 5.81. The van der Waals surface area contributed by atoms with Gasteiger partial charge in [-0.1, -0.05) is 12.1 Å². The number of Topliss-reactive ketones (excluding diaryl/α,β-unsaturated/α-hetero) is 2. The first-order valence-electron chi connectivity index (χ1n) is 5.53. The predicted octanol–water partition coefficient (Wildman–Crippen LogP) is 0.999. The van der Waals surface area contributed by atoms with E-state index in [0.29, 0.717) is 24.9 Å². The molecule has 1 fully saturated rings. The van der Waals surface area contributed by atoms with E-state index in [1.54, 1.807) is 18.2 Å². The van der Waals surface area contributed by atoms with Crippen LogP contribution in [0.25, 0.3) is 0 Å². The highest BCUT2D eigenvalue weighted by Crippen LogP contribution is 2.21. The molecule has 90 valence electrons. The molecule has 3 N–H and O–H groups in total. The molecule has 0 atom stereocenters. The quantitative estimate of drug-likeness (QED) is 0.413. The molecular weight excluding hydrogens is 220 g/mol. The van der Waals surface area contributed by atoms with E-state index in [0.717, 1.165) is 0 Å². The van der Waals surface area contributed by atoms with Crippen molar-refractivity contribution in [2.75, 3.05) is 5.43 Å². The highest BCUT2D eigenvalue weighted by atomic mass is 16.3. The SMILES string of the molecule is O=C1CCCC(=O)C1NNc1ccccc1O. The lowest BCUT2D eigenvalue weighted by atomic mass is 9.93. The third kappa shape index (κ3) is 2.62. The molecule has 0 aromatic heterocycles. The normalized spacial score (nSPS) is 17.2. The Bertz CT molecular complexity index is 429. The number of nitrogens with one attached hydrogen (secondary N) is 2. The van der Waals surface area contributed by atoms with Crippen LogP contribution in [-0.4, -0.2) is 22.7 Å². The molecule has 5 heteroatoms. The summed E-state index contributed by atoms with van der Waals surface area (Å²) < 4.78 is 0. The minimum atomic E-state index is -0.802. The molecule has 1 saturated carbocycles. The zero-order chi connectivity index (χ0) is 12.3. The predicted molar refractivity (Wildman–Crippen MR) is 62.5 cm³/mol. The van der Waals surface area contributed by atoms with Gasteiger partial charge in [-0.25, -0.2) is 5.43 Å². The lowest BCUT2D eigenvalue weighted by Gasteiger charge is -2.21. The first-order chi connectivity index (χ1) is 8.18. The minimum absolute atomic E-state index is 0.0655. The molecule has 0 spiro atoms. The topological polar surface area (TPSA) is 78.4 Å². The number of benzene rings is 1. The van der Waals surface area contributed by atoms with Crippen molar-refractivity contribution < 1.29 is 14.7 Å². The number of anilines is 1. The molecule has 0 radical (unpaired) electrons. The van der Waals surface area contributed by atoms with Crippen LogP contribution in [0.1, 0.15) is 19.3 Å². The maximum atomic E-state index is 11.5. The molecule has 1 aromatic rings. The van der Waals surface area contributed by atoms with Gasteiger partial charge in [0.15, 0.2) is 11.6 Å². The standard InChI is InChI=1S/C12H14N2O3/c15-9-5-2-1-4-8(9)13-14-12-10(16)6-3-7-11(12)17/h1-2,4-5,12-15H,3,6-7H2. The van der Waals surface area contributed by atoms with Crippen LogP contribution >= 0.6 is 0 Å². The van der Waals surface area contributed by atoms with Crippen molar-refractivity contribution in [3.8, 4) is 5.75 Å². The summed E-state index contributed by atoms with van der Waals surface area (Å²) in [4.78, 5) is 23.1. The van der Waals surface area contributed by atoms with E-state index in [2.05, 4.69) is 10.9 Å². The Labute approximate surface area is 98.8 Å². The zero-order valence-electron chi connectivity index (χ0n) is 9.27. The molecule has 1 aliphatic rings. The smallest absolute Gasteiger partial charge is 0.159 e. The van der Waals surface area contributed by atoms with Crippen molar-refractivity contribution in [2.45, 2.75) is 25.3 Å². The number of ketones is 2. The number of hydrogen-bond acceptors (Lipinski definition) is 5. The largest absolute Gasteiger partial charge is 0.506 e. The molecule has 17 heavy (non-hydrogen) atoms. The van der Waals surface area contributed by atoms with Gasteiger partial charge in [-0.2, -0.15) is 0 Å². The maximum absolute atomic E-state index is 11.5. The molecule has 0 heterocycles. The van der Waals surface area contributed by atoms with Gasteiger partial charge < -0.3 is 10.5 Å². The molecule has 0 aliphatic heterocycles. The van der Waals surface area contributed by atoms with Gasteiger partial charge in [-0.05, 0) is 18.6 Å². The number of carbonyl (C=O) groups is 2. The summed E-state index contributed by atoms with van der Waals surface area (Å²) in [6.45, 7) is 0. The summed E-state index contributed by atoms with van der Waals surface area (Å²) in [6.07, 6.45) is 1.48. The van der Waals surface area contributed by atoms with Crippen molar-refractivity contribution in [3.63, 3.8) is 0 Å². The van der Waals surface area contributed by atoms with Crippen LogP contribution in [0.5, 0.6) is 5.75 Å². The zero-order valence-corrected chi connectivity index (χ0v) is 9.27. The summed E-state index contributed by atoms with van der Waals surface area (Å²) in [7, 11) is 0. The Kier molecular flexibility index (Phi) is 3.39. The number of para-hydroxylation sites is 2. The number of aromatic hydroxyl groups is 1. The van der Waals surface area contributed by atoms with E-state index >= 15 is 0 Å². The van der Waals surface area contributed by atoms with Crippen LogP contribution in [0.3, 0.4) is 0 Å². The Balaban J connectivity index is 2.00. The fourth-order valence-electron chi connectivity index (χ4n) is 1.80. The fraction of sp³-hybridized carbons (Fsp3) is 0.333. The van der Waals surface area contributed by atoms with Crippen molar-refractivity contribution in [3.05, 3.63) is 24.3 Å². The number of carbonyl (C=O) groups excluding carboxylic acids is 2. The van der Waals surface area contributed by atoms with E-state index in [4.69, 9.17) is 0 Å². The van der Waals surface area contributed by atoms with Crippen LogP contribution in [0.2, 0.25) is 0 Å². The summed E-state index contributed by atoms with van der Waals surface area (Å²) in [5, 5.41) is 9.50. The first-order valence-corrected chi connectivity index (χ1v) is 5.53. The van der Waals surface area contributed by atoms with Crippen molar-refractivity contribution >= 4 is 17.3 Å². The van der Waals surface area contributed by atoms with Crippen LogP contribution in [0.15, 0.2) is 24.3 Å². The van der Waals surface area contributed by atoms with Gasteiger partial charge in [0.2, 0.25) is 0 Å². The van der Waals surface area contributed by atoms with Crippen LogP contribution < -0.4 is 10.9 Å². The molecular formula is C12H14N2O3. The van der Waals surface area contributed by atoms with E-state index in [9.17, 15) is 14.7 Å². The summed E-state index contributed by atoms with van der Waals surface area (Å²) in [5.74, 6) is -0.149. The number of hydrogen-bond donors (Lipinski definition) is 3. The Morgan fingerprint density at radius 2 is 1.76 bits per heavy atom. The molecule has 0 unspecified atom stereocenters. The van der Waals surface area contributed by atoms with Crippen LogP contribution in [0, 0.1) is 0 Å². The third-order valence-electron chi connectivity index (χ3n) is 2.75.